The molecule has 2 aromatic carbocycles. The Labute approximate surface area is 190 Å². The van der Waals surface area contributed by atoms with E-state index in [0.29, 0.717) is 32.0 Å². The summed E-state index contributed by atoms with van der Waals surface area (Å²) >= 11 is 0. The molecule has 32 heavy (non-hydrogen) atoms. The number of amides is 3. The van der Waals surface area contributed by atoms with Gasteiger partial charge < -0.3 is 20.3 Å². The molecule has 2 N–H and O–H groups in total. The summed E-state index contributed by atoms with van der Waals surface area (Å²) in [6, 6.07) is 17.5. The molecule has 1 atom stereocenters. The minimum Gasteiger partial charge on any atom is -0.487 e. The van der Waals surface area contributed by atoms with Gasteiger partial charge in [-0.25, -0.2) is 4.79 Å². The molecule has 1 fully saturated rings. The first-order valence-corrected chi connectivity index (χ1v) is 11.6. The Morgan fingerprint density at radius 2 is 1.75 bits per heavy atom. The van der Waals surface area contributed by atoms with Gasteiger partial charge in [0.25, 0.3) is 0 Å². The maximum Gasteiger partial charge on any atom is 0.321 e. The minimum atomic E-state index is -0.332. The number of fused-ring (bicyclic) bond motifs is 1. The van der Waals surface area contributed by atoms with E-state index in [1.807, 2.05) is 53.4 Å². The fraction of sp³-hybridized carbons (Fsp3) is 0.462. The standard InChI is InChI=1S/C26H33N3O3/c1-19(2)18-27-24(30)16-20-17-26(32-23-11-7-6-10-22(20)23)12-14-29(15-13-26)25(31)28-21-8-4-3-5-9-21/h3-11,19-20H,12-18H2,1-2H3,(H,27,30)(H,28,31)/t20-/m1/s1. The van der Waals surface area contributed by atoms with Crippen LogP contribution in [0.3, 0.4) is 0 Å². The van der Waals surface area contributed by atoms with Gasteiger partial charge in [-0.05, 0) is 36.1 Å². The number of ether oxygens (including phenoxy) is 1. The molecule has 2 aliphatic heterocycles. The van der Waals surface area contributed by atoms with Gasteiger partial charge in [0, 0.05) is 50.5 Å². The SMILES string of the molecule is CC(C)CNC(=O)C[C@@H]1CC2(CCN(C(=O)Nc3ccccc3)CC2)Oc2ccccc21. The molecule has 1 spiro atoms. The Bertz CT molecular complexity index is 936. The summed E-state index contributed by atoms with van der Waals surface area (Å²) in [5.41, 5.74) is 1.58. The molecule has 2 heterocycles. The van der Waals surface area contributed by atoms with Crippen LogP contribution in [-0.2, 0) is 4.79 Å². The van der Waals surface area contributed by atoms with Gasteiger partial charge in [-0.3, -0.25) is 4.79 Å². The van der Waals surface area contributed by atoms with Gasteiger partial charge in [-0.1, -0.05) is 50.2 Å². The first kappa shape index (κ1) is 22.2. The third kappa shape index (κ3) is 5.23. The van der Waals surface area contributed by atoms with Gasteiger partial charge in [0.05, 0.1) is 0 Å². The first-order valence-electron chi connectivity index (χ1n) is 11.6. The van der Waals surface area contributed by atoms with Gasteiger partial charge in [-0.15, -0.1) is 0 Å². The molecule has 0 saturated carbocycles. The largest absolute Gasteiger partial charge is 0.487 e. The van der Waals surface area contributed by atoms with Crippen LogP contribution < -0.4 is 15.4 Å². The summed E-state index contributed by atoms with van der Waals surface area (Å²) in [4.78, 5) is 27.1. The second kappa shape index (κ2) is 9.63. The molecule has 170 valence electrons. The molecule has 6 nitrogen and oxygen atoms in total. The lowest BCUT2D eigenvalue weighted by Gasteiger charge is -2.46. The van der Waals surface area contributed by atoms with E-state index < -0.39 is 0 Å². The van der Waals surface area contributed by atoms with Crippen LogP contribution in [0.4, 0.5) is 10.5 Å². The van der Waals surface area contributed by atoms with Gasteiger partial charge in [0.1, 0.15) is 11.4 Å². The Morgan fingerprint density at radius 1 is 1.06 bits per heavy atom. The van der Waals surface area contributed by atoms with Crippen molar-refractivity contribution in [3.63, 3.8) is 0 Å². The van der Waals surface area contributed by atoms with Crippen LogP contribution in [0.5, 0.6) is 5.75 Å². The molecule has 0 aromatic heterocycles. The van der Waals surface area contributed by atoms with Gasteiger partial charge in [-0.2, -0.15) is 0 Å². The van der Waals surface area contributed by atoms with Gasteiger partial charge in [0.2, 0.25) is 5.91 Å². The van der Waals surface area contributed by atoms with Crippen LogP contribution in [0, 0.1) is 5.92 Å². The fourth-order valence-corrected chi connectivity index (χ4v) is 4.69. The molecule has 2 aliphatic rings. The van der Waals surface area contributed by atoms with Crippen LogP contribution >= 0.6 is 0 Å². The van der Waals surface area contributed by atoms with Crippen LogP contribution in [0.25, 0.3) is 0 Å². The number of nitrogens with zero attached hydrogens (tertiary/aromatic N) is 1. The summed E-state index contributed by atoms with van der Waals surface area (Å²) in [7, 11) is 0. The van der Waals surface area contributed by atoms with Crippen molar-refractivity contribution in [2.75, 3.05) is 25.0 Å². The smallest absolute Gasteiger partial charge is 0.321 e. The number of anilines is 1. The van der Waals surface area contributed by atoms with Crippen LogP contribution in [0.2, 0.25) is 0 Å². The van der Waals surface area contributed by atoms with Crippen LogP contribution in [-0.4, -0.2) is 42.1 Å². The van der Waals surface area contributed by atoms with E-state index in [1.54, 1.807) is 0 Å². The van der Waals surface area contributed by atoms with E-state index in [0.717, 1.165) is 36.3 Å². The van der Waals surface area contributed by atoms with Crippen molar-refractivity contribution >= 4 is 17.6 Å². The summed E-state index contributed by atoms with van der Waals surface area (Å²) in [5, 5.41) is 6.03. The Kier molecular flexibility index (Phi) is 6.68. The Morgan fingerprint density at radius 3 is 2.47 bits per heavy atom. The summed E-state index contributed by atoms with van der Waals surface area (Å²) < 4.78 is 6.53. The molecule has 1 saturated heterocycles. The lowest BCUT2D eigenvalue weighted by atomic mass is 9.76. The van der Waals surface area contributed by atoms with E-state index in [2.05, 4.69) is 30.5 Å². The van der Waals surface area contributed by atoms with Crippen molar-refractivity contribution in [2.24, 2.45) is 5.92 Å². The number of hydrogen-bond donors (Lipinski definition) is 2. The number of benzene rings is 2. The third-order valence-corrected chi connectivity index (χ3v) is 6.43. The minimum absolute atomic E-state index is 0.0770. The average Bonchev–Trinajstić information content (AvgIpc) is 2.79. The topological polar surface area (TPSA) is 70.7 Å². The second-order valence-corrected chi connectivity index (χ2v) is 9.41. The number of carbonyl (C=O) groups excluding carboxylic acids is 2. The molecule has 0 aliphatic carbocycles. The van der Waals surface area contributed by atoms with E-state index in [9.17, 15) is 9.59 Å². The molecule has 0 unspecified atom stereocenters. The van der Waals surface area contributed by atoms with Crippen molar-refractivity contribution in [3.05, 3.63) is 60.2 Å². The maximum absolute atomic E-state index is 12.7. The predicted octanol–water partition coefficient (Wildman–Crippen LogP) is 4.78. The van der Waals surface area contributed by atoms with E-state index in [1.165, 1.54) is 0 Å². The molecule has 0 bridgehead atoms. The summed E-state index contributed by atoms with van der Waals surface area (Å²) in [6.45, 7) is 6.15. The number of para-hydroxylation sites is 2. The highest BCUT2D eigenvalue weighted by Crippen LogP contribution is 2.46. The Balaban J connectivity index is 1.41. The number of likely N-dealkylation sites (tertiary alicyclic amines) is 1. The van der Waals surface area contributed by atoms with Crippen molar-refractivity contribution in [2.45, 2.75) is 51.0 Å². The van der Waals surface area contributed by atoms with Crippen molar-refractivity contribution in [3.8, 4) is 5.75 Å². The number of urea groups is 1. The average molecular weight is 436 g/mol. The first-order chi connectivity index (χ1) is 15.4. The fourth-order valence-electron chi connectivity index (χ4n) is 4.69. The van der Waals surface area contributed by atoms with Crippen LogP contribution in [0.15, 0.2) is 54.6 Å². The van der Waals surface area contributed by atoms with Gasteiger partial charge >= 0.3 is 6.03 Å². The molecular weight excluding hydrogens is 402 g/mol. The number of carbonyl (C=O) groups is 2. The zero-order valence-corrected chi connectivity index (χ0v) is 19.0. The summed E-state index contributed by atoms with van der Waals surface area (Å²) in [6.07, 6.45) is 2.78. The van der Waals surface area contributed by atoms with Crippen molar-refractivity contribution in [1.29, 1.82) is 0 Å². The number of piperidine rings is 1. The zero-order valence-electron chi connectivity index (χ0n) is 19.0. The highest BCUT2D eigenvalue weighted by Gasteiger charge is 2.44. The second-order valence-electron chi connectivity index (χ2n) is 9.41. The lowest BCUT2D eigenvalue weighted by molar-refractivity contribution is -0.122. The van der Waals surface area contributed by atoms with Crippen molar-refractivity contribution < 1.29 is 14.3 Å². The van der Waals surface area contributed by atoms with E-state index in [4.69, 9.17) is 4.74 Å². The molecule has 6 heteroatoms. The number of nitrogens with one attached hydrogen (secondary N) is 2. The highest BCUT2D eigenvalue weighted by molar-refractivity contribution is 5.89. The zero-order chi connectivity index (χ0) is 22.6. The maximum atomic E-state index is 12.7. The highest BCUT2D eigenvalue weighted by atomic mass is 16.5. The van der Waals surface area contributed by atoms with Crippen LogP contribution in [0.1, 0.15) is 51.0 Å². The van der Waals surface area contributed by atoms with Gasteiger partial charge in [0.15, 0.2) is 0 Å². The van der Waals surface area contributed by atoms with E-state index in [-0.39, 0.29) is 23.5 Å². The molecule has 4 rings (SSSR count). The summed E-state index contributed by atoms with van der Waals surface area (Å²) in [5.74, 6) is 1.52. The molecule has 2 aromatic rings. The Hall–Kier alpha value is -3.02. The molecule has 0 radical (unpaired) electrons. The molecular formula is C26H33N3O3. The normalized spacial score (nSPS) is 19.2. The monoisotopic (exact) mass is 435 g/mol. The number of hydrogen-bond acceptors (Lipinski definition) is 3. The lowest BCUT2D eigenvalue weighted by Crippen LogP contribution is -2.52. The predicted molar refractivity (Wildman–Crippen MR) is 126 cm³/mol. The van der Waals surface area contributed by atoms with E-state index >= 15 is 0 Å². The third-order valence-electron chi connectivity index (χ3n) is 6.43. The van der Waals surface area contributed by atoms with Crippen molar-refractivity contribution in [1.82, 2.24) is 10.2 Å². The number of rotatable bonds is 5. The quantitative estimate of drug-likeness (QED) is 0.710. The molecule has 3 amide bonds.